The third-order valence-corrected chi connectivity index (χ3v) is 5.03. The molecule has 0 spiro atoms. The fourth-order valence-corrected chi connectivity index (χ4v) is 3.65. The van der Waals surface area contributed by atoms with Crippen LogP contribution in [0.15, 0.2) is 24.3 Å². The summed E-state index contributed by atoms with van der Waals surface area (Å²) in [5, 5.41) is 9.50. The Hall–Kier alpha value is -1.92. The van der Waals surface area contributed by atoms with Crippen molar-refractivity contribution in [2.75, 3.05) is 33.4 Å². The first kappa shape index (κ1) is 16.9. The van der Waals surface area contributed by atoms with Crippen molar-refractivity contribution in [1.29, 1.82) is 0 Å². The Morgan fingerprint density at radius 2 is 2.21 bits per heavy atom. The topological polar surface area (TPSA) is 76.1 Å². The molecular formula is C18H23NO5. The Morgan fingerprint density at radius 1 is 1.42 bits per heavy atom. The summed E-state index contributed by atoms with van der Waals surface area (Å²) in [5.74, 6) is -0.963. The van der Waals surface area contributed by atoms with E-state index in [0.29, 0.717) is 19.6 Å². The molecule has 0 radical (unpaired) electrons. The maximum Gasteiger partial charge on any atom is 0.313 e. The molecule has 6 nitrogen and oxygen atoms in total. The Labute approximate surface area is 141 Å². The fraction of sp³-hybridized carbons (Fsp3) is 0.556. The van der Waals surface area contributed by atoms with Gasteiger partial charge in [-0.25, -0.2) is 0 Å². The Kier molecular flexibility index (Phi) is 4.87. The van der Waals surface area contributed by atoms with Crippen molar-refractivity contribution in [3.63, 3.8) is 0 Å². The summed E-state index contributed by atoms with van der Waals surface area (Å²) in [6, 6.07) is 8.02. The molecule has 0 aromatic heterocycles. The number of benzene rings is 1. The van der Waals surface area contributed by atoms with Gasteiger partial charge in [0.1, 0.15) is 5.41 Å². The van der Waals surface area contributed by atoms with E-state index in [-0.39, 0.29) is 31.6 Å². The van der Waals surface area contributed by atoms with Crippen LogP contribution in [0.4, 0.5) is 0 Å². The van der Waals surface area contributed by atoms with Gasteiger partial charge in [-0.2, -0.15) is 0 Å². The van der Waals surface area contributed by atoms with Gasteiger partial charge in [-0.1, -0.05) is 24.3 Å². The first-order chi connectivity index (χ1) is 11.6. The van der Waals surface area contributed by atoms with Crippen LogP contribution in [0.5, 0.6) is 0 Å². The smallest absolute Gasteiger partial charge is 0.313 e. The zero-order chi connectivity index (χ0) is 17.2. The second-order valence-electron chi connectivity index (χ2n) is 6.60. The van der Waals surface area contributed by atoms with Gasteiger partial charge in [0.05, 0.1) is 25.7 Å². The average molecular weight is 333 g/mol. The van der Waals surface area contributed by atoms with Gasteiger partial charge in [0.15, 0.2) is 0 Å². The second kappa shape index (κ2) is 6.91. The molecule has 1 fully saturated rings. The van der Waals surface area contributed by atoms with Crippen LogP contribution in [-0.4, -0.2) is 55.3 Å². The van der Waals surface area contributed by atoms with Gasteiger partial charge in [0.2, 0.25) is 5.91 Å². The maximum absolute atomic E-state index is 12.7. The highest BCUT2D eigenvalue weighted by atomic mass is 16.5. The van der Waals surface area contributed by atoms with E-state index in [9.17, 15) is 14.7 Å². The van der Waals surface area contributed by atoms with E-state index >= 15 is 0 Å². The van der Waals surface area contributed by atoms with Crippen molar-refractivity contribution in [3.05, 3.63) is 35.4 Å². The monoisotopic (exact) mass is 333 g/mol. The number of carbonyl (C=O) groups is 2. The predicted molar refractivity (Wildman–Crippen MR) is 86.6 cm³/mol. The van der Waals surface area contributed by atoms with Crippen LogP contribution >= 0.6 is 0 Å². The molecule has 6 heteroatoms. The molecule has 0 aliphatic carbocycles. The molecule has 2 unspecified atom stereocenters. The summed E-state index contributed by atoms with van der Waals surface area (Å²) in [5.41, 5.74) is 1.30. The number of hydrogen-bond acceptors (Lipinski definition) is 4. The van der Waals surface area contributed by atoms with Crippen LogP contribution in [0.3, 0.4) is 0 Å². The minimum absolute atomic E-state index is 0.0593. The van der Waals surface area contributed by atoms with E-state index in [2.05, 4.69) is 6.07 Å². The lowest BCUT2D eigenvalue weighted by Gasteiger charge is -2.28. The fourth-order valence-electron chi connectivity index (χ4n) is 3.65. The normalized spacial score (nSPS) is 26.2. The largest absolute Gasteiger partial charge is 0.481 e. The number of aliphatic carboxylic acids is 1. The van der Waals surface area contributed by atoms with Crippen molar-refractivity contribution in [2.24, 2.45) is 5.41 Å². The number of methoxy groups -OCH3 is 1. The van der Waals surface area contributed by atoms with Gasteiger partial charge in [-0.05, 0) is 24.0 Å². The highest BCUT2D eigenvalue weighted by Crippen LogP contribution is 2.34. The predicted octanol–water partition coefficient (Wildman–Crippen LogP) is 1.64. The van der Waals surface area contributed by atoms with Crippen molar-refractivity contribution < 1.29 is 24.2 Å². The third-order valence-electron chi connectivity index (χ3n) is 5.03. The molecule has 1 saturated heterocycles. The highest BCUT2D eigenvalue weighted by molar-refractivity contribution is 5.81. The highest BCUT2D eigenvalue weighted by Gasteiger charge is 2.46. The van der Waals surface area contributed by atoms with Crippen molar-refractivity contribution >= 4 is 11.9 Å². The first-order valence-corrected chi connectivity index (χ1v) is 8.25. The minimum atomic E-state index is -0.990. The van der Waals surface area contributed by atoms with Crippen LogP contribution in [0.25, 0.3) is 0 Å². The van der Waals surface area contributed by atoms with E-state index in [1.807, 2.05) is 18.2 Å². The van der Waals surface area contributed by atoms with Crippen LogP contribution < -0.4 is 0 Å². The van der Waals surface area contributed by atoms with E-state index in [4.69, 9.17) is 9.47 Å². The molecule has 0 bridgehead atoms. The van der Waals surface area contributed by atoms with Gasteiger partial charge in [0.25, 0.3) is 0 Å². The molecule has 2 heterocycles. The van der Waals surface area contributed by atoms with Crippen LogP contribution in [0, 0.1) is 5.41 Å². The van der Waals surface area contributed by atoms with Gasteiger partial charge >= 0.3 is 5.97 Å². The molecular weight excluding hydrogens is 310 g/mol. The lowest BCUT2D eigenvalue weighted by atomic mass is 9.88. The van der Waals surface area contributed by atoms with E-state index < -0.39 is 11.4 Å². The van der Waals surface area contributed by atoms with Crippen molar-refractivity contribution in [1.82, 2.24) is 4.90 Å². The number of ether oxygens (including phenoxy) is 2. The van der Waals surface area contributed by atoms with Crippen molar-refractivity contribution in [2.45, 2.75) is 25.4 Å². The van der Waals surface area contributed by atoms with E-state index in [0.717, 1.165) is 12.0 Å². The van der Waals surface area contributed by atoms with Crippen LogP contribution in [0.1, 0.15) is 30.1 Å². The van der Waals surface area contributed by atoms with Crippen molar-refractivity contribution in [3.8, 4) is 0 Å². The molecule has 24 heavy (non-hydrogen) atoms. The SMILES string of the molecule is COCC1(C(=O)O)CCN(C(=O)CC2OCCc3ccccc32)C1. The zero-order valence-corrected chi connectivity index (χ0v) is 13.9. The number of nitrogens with zero attached hydrogens (tertiary/aromatic N) is 1. The molecule has 0 saturated carbocycles. The number of carbonyl (C=O) groups excluding carboxylic acids is 1. The van der Waals surface area contributed by atoms with Crippen LogP contribution in [0.2, 0.25) is 0 Å². The second-order valence-corrected chi connectivity index (χ2v) is 6.60. The number of fused-ring (bicyclic) bond motifs is 1. The summed E-state index contributed by atoms with van der Waals surface area (Å²) in [6.07, 6.45) is 1.29. The molecule has 3 rings (SSSR count). The number of amides is 1. The average Bonchev–Trinajstić information content (AvgIpc) is 3.01. The summed E-state index contributed by atoms with van der Waals surface area (Å²) >= 11 is 0. The van der Waals surface area contributed by atoms with Crippen LogP contribution in [-0.2, 0) is 25.5 Å². The number of likely N-dealkylation sites (tertiary alicyclic amines) is 1. The third kappa shape index (κ3) is 3.16. The summed E-state index contributed by atoms with van der Waals surface area (Å²) in [7, 11) is 1.49. The molecule has 130 valence electrons. The molecule has 2 atom stereocenters. The summed E-state index contributed by atoms with van der Waals surface area (Å²) in [4.78, 5) is 25.9. The van der Waals surface area contributed by atoms with Gasteiger partial charge in [-0.15, -0.1) is 0 Å². The van der Waals surface area contributed by atoms with E-state index in [1.165, 1.54) is 12.7 Å². The number of carboxylic acid groups (broad SMARTS) is 1. The number of hydrogen-bond donors (Lipinski definition) is 1. The first-order valence-electron chi connectivity index (χ1n) is 8.25. The molecule has 2 aliphatic heterocycles. The molecule has 1 aromatic rings. The molecule has 1 aromatic carbocycles. The molecule has 1 N–H and O–H groups in total. The zero-order valence-electron chi connectivity index (χ0n) is 13.9. The Balaban J connectivity index is 1.68. The molecule has 2 aliphatic rings. The maximum atomic E-state index is 12.7. The minimum Gasteiger partial charge on any atom is -0.481 e. The van der Waals surface area contributed by atoms with Gasteiger partial charge < -0.3 is 19.5 Å². The van der Waals surface area contributed by atoms with Gasteiger partial charge in [0, 0.05) is 20.2 Å². The van der Waals surface area contributed by atoms with E-state index in [1.54, 1.807) is 4.90 Å². The lowest BCUT2D eigenvalue weighted by molar-refractivity contribution is -0.151. The quantitative estimate of drug-likeness (QED) is 0.886. The van der Waals surface area contributed by atoms with Gasteiger partial charge in [-0.3, -0.25) is 9.59 Å². The lowest BCUT2D eigenvalue weighted by Crippen LogP contribution is -2.40. The Bertz CT molecular complexity index is 632. The summed E-state index contributed by atoms with van der Waals surface area (Å²) in [6.45, 7) is 1.37. The molecule has 1 amide bonds. The number of rotatable bonds is 5. The summed E-state index contributed by atoms with van der Waals surface area (Å²) < 4.78 is 10.9. The Morgan fingerprint density at radius 3 is 2.96 bits per heavy atom. The standard InChI is InChI=1S/C18H23NO5/c1-23-12-18(17(21)22)7-8-19(11-18)16(20)10-15-14-5-3-2-4-13(14)6-9-24-15/h2-5,15H,6-12H2,1H3,(H,21,22). The number of carboxylic acids is 1.